The highest BCUT2D eigenvalue weighted by Gasteiger charge is 2.37. The first kappa shape index (κ1) is 18.4. The van der Waals surface area contributed by atoms with Gasteiger partial charge in [0.25, 0.3) is 0 Å². The molecule has 1 aliphatic rings. The molecule has 0 spiro atoms. The van der Waals surface area contributed by atoms with E-state index in [1.807, 2.05) is 19.1 Å². The van der Waals surface area contributed by atoms with Gasteiger partial charge in [0.2, 0.25) is 0 Å². The van der Waals surface area contributed by atoms with Gasteiger partial charge in [0.05, 0.1) is 12.7 Å². The quantitative estimate of drug-likeness (QED) is 0.622. The molecule has 2 aromatic carbocycles. The van der Waals surface area contributed by atoms with Gasteiger partial charge >= 0.3 is 12.3 Å². The van der Waals surface area contributed by atoms with Crippen LogP contribution in [0.5, 0.6) is 0 Å². The number of halogens is 3. The first-order valence-electron chi connectivity index (χ1n) is 8.92. The smallest absolute Gasteiger partial charge is 0.416 e. The van der Waals surface area contributed by atoms with Crippen LogP contribution in [-0.4, -0.2) is 29.6 Å². The molecule has 0 radical (unpaired) electrons. The van der Waals surface area contributed by atoms with Gasteiger partial charge in [-0.3, -0.25) is 4.90 Å². The number of ether oxygens (including phenoxy) is 1. The molecular formula is C21H19F3N2O2. The predicted molar refractivity (Wildman–Crippen MR) is 99.1 cm³/mol. The molecule has 1 aliphatic heterocycles. The van der Waals surface area contributed by atoms with Crippen LogP contribution in [0.2, 0.25) is 0 Å². The summed E-state index contributed by atoms with van der Waals surface area (Å²) in [6.07, 6.45) is -4.42. The Labute approximate surface area is 159 Å². The molecule has 0 aliphatic carbocycles. The fraction of sp³-hybridized carbons (Fsp3) is 0.286. The van der Waals surface area contributed by atoms with E-state index in [9.17, 15) is 18.0 Å². The second-order valence-corrected chi connectivity index (χ2v) is 7.01. The van der Waals surface area contributed by atoms with Crippen molar-refractivity contribution in [2.24, 2.45) is 0 Å². The molecule has 0 saturated carbocycles. The van der Waals surface area contributed by atoms with Gasteiger partial charge in [-0.15, -0.1) is 0 Å². The first-order valence-corrected chi connectivity index (χ1v) is 8.92. The van der Waals surface area contributed by atoms with Gasteiger partial charge in [-0.25, -0.2) is 4.79 Å². The standard InChI is InChI=1S/C21H19F3N2O2/c1-12-6-7-17-16(10-12)15-8-9-26(20(27)28-2)19(18(15)25-17)13-4-3-5-14(11-13)21(22,23)24/h3-7,10-11,19,25H,8-9H2,1-2H3. The van der Waals surface area contributed by atoms with Crippen molar-refractivity contribution in [1.29, 1.82) is 0 Å². The summed E-state index contributed by atoms with van der Waals surface area (Å²) in [6, 6.07) is 10.4. The number of hydrogen-bond acceptors (Lipinski definition) is 2. The molecule has 4 rings (SSSR count). The number of aromatic nitrogens is 1. The van der Waals surface area contributed by atoms with Gasteiger partial charge in [0, 0.05) is 23.1 Å². The number of methoxy groups -OCH3 is 1. The average molecular weight is 388 g/mol. The molecule has 1 unspecified atom stereocenters. The van der Waals surface area contributed by atoms with E-state index in [-0.39, 0.29) is 0 Å². The molecule has 1 N–H and O–H groups in total. The number of aromatic amines is 1. The summed E-state index contributed by atoms with van der Waals surface area (Å²) in [5.41, 5.74) is 3.41. The second-order valence-electron chi connectivity index (χ2n) is 7.01. The average Bonchev–Trinajstić information content (AvgIpc) is 3.03. The minimum atomic E-state index is -4.46. The molecule has 146 valence electrons. The van der Waals surface area contributed by atoms with E-state index in [0.717, 1.165) is 39.9 Å². The zero-order chi connectivity index (χ0) is 20.1. The summed E-state index contributed by atoms with van der Waals surface area (Å²) in [6.45, 7) is 2.36. The summed E-state index contributed by atoms with van der Waals surface area (Å²) in [5.74, 6) is 0. The first-order chi connectivity index (χ1) is 13.3. The molecule has 1 amide bonds. The van der Waals surface area contributed by atoms with Gasteiger partial charge in [0.1, 0.15) is 6.04 Å². The Bertz CT molecular complexity index is 1060. The van der Waals surface area contributed by atoms with Crippen molar-refractivity contribution in [3.63, 3.8) is 0 Å². The molecule has 0 fully saturated rings. The third-order valence-corrected chi connectivity index (χ3v) is 5.22. The van der Waals surface area contributed by atoms with E-state index in [4.69, 9.17) is 4.74 Å². The number of H-pyrrole nitrogens is 1. The number of rotatable bonds is 1. The topological polar surface area (TPSA) is 45.3 Å². The molecule has 1 aromatic heterocycles. The third kappa shape index (κ3) is 3.00. The summed E-state index contributed by atoms with van der Waals surface area (Å²) in [4.78, 5) is 17.2. The van der Waals surface area contributed by atoms with Crippen molar-refractivity contribution in [3.8, 4) is 0 Å². The molecule has 0 saturated heterocycles. The third-order valence-electron chi connectivity index (χ3n) is 5.22. The summed E-state index contributed by atoms with van der Waals surface area (Å²) in [5, 5.41) is 1.04. The van der Waals surface area contributed by atoms with Gasteiger partial charge in [-0.1, -0.05) is 23.8 Å². The number of aryl methyl sites for hydroxylation is 1. The maximum Gasteiger partial charge on any atom is 0.416 e. The Hall–Kier alpha value is -2.96. The van der Waals surface area contributed by atoms with Gasteiger partial charge < -0.3 is 9.72 Å². The molecule has 28 heavy (non-hydrogen) atoms. The van der Waals surface area contributed by atoms with Gasteiger partial charge in [-0.05, 0) is 48.7 Å². The van der Waals surface area contributed by atoms with E-state index in [0.29, 0.717) is 18.5 Å². The van der Waals surface area contributed by atoms with Crippen molar-refractivity contribution in [2.45, 2.75) is 25.6 Å². The van der Waals surface area contributed by atoms with Crippen molar-refractivity contribution in [2.75, 3.05) is 13.7 Å². The lowest BCUT2D eigenvalue weighted by atomic mass is 9.91. The highest BCUT2D eigenvalue weighted by atomic mass is 19.4. The van der Waals surface area contributed by atoms with Crippen molar-refractivity contribution >= 4 is 17.0 Å². The van der Waals surface area contributed by atoms with Crippen molar-refractivity contribution in [3.05, 3.63) is 70.4 Å². The fourth-order valence-electron chi connectivity index (χ4n) is 3.95. The number of carbonyl (C=O) groups excluding carboxylic acids is 1. The van der Waals surface area contributed by atoms with Crippen LogP contribution < -0.4 is 0 Å². The summed E-state index contributed by atoms with van der Waals surface area (Å²) in [7, 11) is 1.27. The predicted octanol–water partition coefficient (Wildman–Crippen LogP) is 5.21. The number of hydrogen-bond donors (Lipinski definition) is 1. The highest BCUT2D eigenvalue weighted by Crippen LogP contribution is 2.40. The lowest BCUT2D eigenvalue weighted by Crippen LogP contribution is -2.40. The van der Waals surface area contributed by atoms with E-state index >= 15 is 0 Å². The molecular weight excluding hydrogens is 369 g/mol. The van der Waals surface area contributed by atoms with Crippen LogP contribution in [-0.2, 0) is 17.3 Å². The van der Waals surface area contributed by atoms with Crippen LogP contribution in [0.1, 0.15) is 34.0 Å². The van der Waals surface area contributed by atoms with Crippen LogP contribution in [0.4, 0.5) is 18.0 Å². The van der Waals surface area contributed by atoms with Crippen molar-refractivity contribution in [1.82, 2.24) is 9.88 Å². The van der Waals surface area contributed by atoms with Gasteiger partial charge in [0.15, 0.2) is 0 Å². The molecule has 7 heteroatoms. The number of fused-ring (bicyclic) bond motifs is 3. The minimum Gasteiger partial charge on any atom is -0.453 e. The molecule has 1 atom stereocenters. The number of amides is 1. The Morgan fingerprint density at radius 1 is 1.21 bits per heavy atom. The van der Waals surface area contributed by atoms with Crippen LogP contribution in [0.3, 0.4) is 0 Å². The lowest BCUT2D eigenvalue weighted by molar-refractivity contribution is -0.137. The Kier molecular flexibility index (Phi) is 4.33. The largest absolute Gasteiger partial charge is 0.453 e. The number of alkyl halides is 3. The molecule has 4 nitrogen and oxygen atoms in total. The van der Waals surface area contributed by atoms with E-state index in [1.165, 1.54) is 18.1 Å². The lowest BCUT2D eigenvalue weighted by Gasteiger charge is -2.35. The molecule has 2 heterocycles. The second kappa shape index (κ2) is 6.58. The Morgan fingerprint density at radius 3 is 2.71 bits per heavy atom. The molecule has 3 aromatic rings. The SMILES string of the molecule is COC(=O)N1CCc2c([nH]c3ccc(C)cc23)C1c1cccc(C(F)(F)F)c1. The van der Waals surface area contributed by atoms with Crippen LogP contribution in [0, 0.1) is 6.92 Å². The Balaban J connectivity index is 1.92. The fourth-order valence-corrected chi connectivity index (χ4v) is 3.95. The van der Waals surface area contributed by atoms with Crippen molar-refractivity contribution < 1.29 is 22.7 Å². The van der Waals surface area contributed by atoms with Crippen LogP contribution >= 0.6 is 0 Å². The summed E-state index contributed by atoms with van der Waals surface area (Å²) >= 11 is 0. The maximum atomic E-state index is 13.3. The number of benzene rings is 2. The summed E-state index contributed by atoms with van der Waals surface area (Å²) < 4.78 is 44.7. The van der Waals surface area contributed by atoms with Crippen LogP contribution in [0.15, 0.2) is 42.5 Å². The zero-order valence-electron chi connectivity index (χ0n) is 15.4. The van der Waals surface area contributed by atoms with E-state index in [2.05, 4.69) is 11.1 Å². The molecule has 0 bridgehead atoms. The van der Waals surface area contributed by atoms with E-state index in [1.54, 1.807) is 6.07 Å². The monoisotopic (exact) mass is 388 g/mol. The Morgan fingerprint density at radius 2 is 2.00 bits per heavy atom. The minimum absolute atomic E-state index is 0.363. The maximum absolute atomic E-state index is 13.3. The number of nitrogens with one attached hydrogen (secondary N) is 1. The zero-order valence-corrected chi connectivity index (χ0v) is 15.4. The number of carbonyl (C=O) groups is 1. The van der Waals surface area contributed by atoms with Crippen LogP contribution in [0.25, 0.3) is 10.9 Å². The van der Waals surface area contributed by atoms with Gasteiger partial charge in [-0.2, -0.15) is 13.2 Å². The number of nitrogens with zero attached hydrogens (tertiary/aromatic N) is 1. The van der Waals surface area contributed by atoms with E-state index < -0.39 is 23.9 Å². The normalized spacial score (nSPS) is 16.9. The highest BCUT2D eigenvalue weighted by molar-refractivity contribution is 5.86.